The van der Waals surface area contributed by atoms with Gasteiger partial charge in [0.15, 0.2) is 0 Å². The molecule has 0 atom stereocenters. The van der Waals surface area contributed by atoms with Gasteiger partial charge in [-0.2, -0.15) is 0 Å². The number of H-pyrrole nitrogens is 1. The molecule has 0 fully saturated rings. The number of halogens is 1. The summed E-state index contributed by atoms with van der Waals surface area (Å²) < 4.78 is 1.02. The number of anilines is 2. The number of benzene rings is 2. The number of aromatic nitrogens is 1. The third-order valence-electron chi connectivity index (χ3n) is 2.88. The molecule has 3 aromatic rings. The number of hydrogen-bond acceptors (Lipinski definition) is 2. The average Bonchev–Trinajstić information content (AvgIpc) is 2.42. The molecule has 0 radical (unpaired) electrons. The van der Waals surface area contributed by atoms with Crippen molar-refractivity contribution < 1.29 is 0 Å². The van der Waals surface area contributed by atoms with E-state index < -0.39 is 0 Å². The van der Waals surface area contributed by atoms with Crippen LogP contribution in [0.25, 0.3) is 10.8 Å². The third kappa shape index (κ3) is 2.53. The van der Waals surface area contributed by atoms with Crippen LogP contribution in [0, 0.1) is 0 Å². The van der Waals surface area contributed by atoms with E-state index in [1.807, 2.05) is 54.6 Å². The van der Waals surface area contributed by atoms with Crippen LogP contribution in [0.5, 0.6) is 0 Å². The lowest BCUT2D eigenvalue weighted by Gasteiger charge is -2.07. The molecule has 0 saturated carbocycles. The summed E-state index contributed by atoms with van der Waals surface area (Å²) in [6.07, 6.45) is 0. The summed E-state index contributed by atoms with van der Waals surface area (Å²) in [6, 6.07) is 17.2. The highest BCUT2D eigenvalue weighted by Crippen LogP contribution is 2.19. The minimum Gasteiger partial charge on any atom is -0.342 e. The van der Waals surface area contributed by atoms with Crippen molar-refractivity contribution in [2.24, 2.45) is 0 Å². The van der Waals surface area contributed by atoms with Gasteiger partial charge in [-0.25, -0.2) is 0 Å². The Hall–Kier alpha value is -2.07. The van der Waals surface area contributed by atoms with Crippen molar-refractivity contribution in [2.75, 3.05) is 5.32 Å². The minimum atomic E-state index is -0.0855. The lowest BCUT2D eigenvalue weighted by atomic mass is 10.2. The van der Waals surface area contributed by atoms with Crippen molar-refractivity contribution in [3.8, 4) is 0 Å². The Bertz CT molecular complexity index is 778. The highest BCUT2D eigenvalue weighted by molar-refractivity contribution is 9.10. The fourth-order valence-electron chi connectivity index (χ4n) is 1.97. The highest BCUT2D eigenvalue weighted by atomic mass is 79.9. The molecule has 2 N–H and O–H groups in total. The van der Waals surface area contributed by atoms with Crippen LogP contribution in [-0.2, 0) is 0 Å². The van der Waals surface area contributed by atoms with E-state index in [1.54, 1.807) is 0 Å². The first kappa shape index (κ1) is 12.0. The van der Waals surface area contributed by atoms with Crippen molar-refractivity contribution in [2.45, 2.75) is 0 Å². The molecule has 0 amide bonds. The second-order valence-corrected chi connectivity index (χ2v) is 5.15. The predicted molar refractivity (Wildman–Crippen MR) is 82.0 cm³/mol. The summed E-state index contributed by atoms with van der Waals surface area (Å²) in [5.74, 6) is 0.686. The van der Waals surface area contributed by atoms with Crippen molar-refractivity contribution in [1.29, 1.82) is 0 Å². The third-order valence-corrected chi connectivity index (χ3v) is 3.41. The molecule has 0 bridgehead atoms. The largest absolute Gasteiger partial charge is 0.342 e. The molecule has 3 rings (SSSR count). The van der Waals surface area contributed by atoms with Gasteiger partial charge in [-0.15, -0.1) is 0 Å². The highest BCUT2D eigenvalue weighted by Gasteiger charge is 2.01. The van der Waals surface area contributed by atoms with Crippen molar-refractivity contribution in [3.05, 3.63) is 69.4 Å². The average molecular weight is 315 g/mol. The first-order chi connectivity index (χ1) is 9.22. The van der Waals surface area contributed by atoms with Crippen LogP contribution in [0.4, 0.5) is 11.5 Å². The lowest BCUT2D eigenvalue weighted by Crippen LogP contribution is -2.08. The number of fused-ring (bicyclic) bond motifs is 1. The fourth-order valence-corrected chi connectivity index (χ4v) is 2.23. The second kappa shape index (κ2) is 4.90. The maximum atomic E-state index is 11.9. The zero-order chi connectivity index (χ0) is 13.2. The quantitative estimate of drug-likeness (QED) is 0.750. The van der Waals surface area contributed by atoms with Crippen molar-refractivity contribution >= 4 is 38.2 Å². The summed E-state index contributed by atoms with van der Waals surface area (Å²) >= 11 is 3.39. The zero-order valence-corrected chi connectivity index (χ0v) is 11.6. The molecule has 0 unspecified atom stereocenters. The monoisotopic (exact) mass is 314 g/mol. The molecular weight excluding hydrogens is 304 g/mol. The topological polar surface area (TPSA) is 44.9 Å². The number of hydrogen-bond donors (Lipinski definition) is 2. The van der Waals surface area contributed by atoms with Crippen LogP contribution in [0.2, 0.25) is 0 Å². The van der Waals surface area contributed by atoms with Gasteiger partial charge in [-0.3, -0.25) is 4.79 Å². The molecule has 4 heteroatoms. The number of aromatic amines is 1. The maximum Gasteiger partial charge on any atom is 0.257 e. The Morgan fingerprint density at radius 3 is 2.53 bits per heavy atom. The molecule has 1 heterocycles. The lowest BCUT2D eigenvalue weighted by molar-refractivity contribution is 1.26. The number of rotatable bonds is 2. The van der Waals surface area contributed by atoms with Gasteiger partial charge in [0.25, 0.3) is 5.56 Å². The molecular formula is C15H11BrN2O. The molecule has 1 aromatic heterocycles. The summed E-state index contributed by atoms with van der Waals surface area (Å²) in [5.41, 5.74) is 0.840. The van der Waals surface area contributed by atoms with Gasteiger partial charge in [0.1, 0.15) is 5.82 Å². The molecule has 0 spiro atoms. The van der Waals surface area contributed by atoms with E-state index in [-0.39, 0.29) is 5.56 Å². The van der Waals surface area contributed by atoms with Gasteiger partial charge in [0.05, 0.1) is 0 Å². The summed E-state index contributed by atoms with van der Waals surface area (Å²) in [6.45, 7) is 0. The van der Waals surface area contributed by atoms with Crippen LogP contribution >= 0.6 is 15.9 Å². The van der Waals surface area contributed by atoms with Crippen molar-refractivity contribution in [3.63, 3.8) is 0 Å². The van der Waals surface area contributed by atoms with Crippen molar-refractivity contribution in [1.82, 2.24) is 4.98 Å². The minimum absolute atomic E-state index is 0.0855. The molecule has 3 nitrogen and oxygen atoms in total. The maximum absolute atomic E-state index is 11.9. The van der Waals surface area contributed by atoms with E-state index in [0.29, 0.717) is 11.2 Å². The molecule has 0 saturated heterocycles. The predicted octanol–water partition coefficient (Wildman–Crippen LogP) is 4.03. The Kier molecular flexibility index (Phi) is 3.09. The van der Waals surface area contributed by atoms with Crippen LogP contribution < -0.4 is 10.9 Å². The van der Waals surface area contributed by atoms with Gasteiger partial charge < -0.3 is 10.3 Å². The summed E-state index contributed by atoms with van der Waals surface area (Å²) in [4.78, 5) is 14.8. The fraction of sp³-hybridized carbons (Fsp3) is 0. The normalized spacial score (nSPS) is 10.6. The van der Waals surface area contributed by atoms with E-state index >= 15 is 0 Å². The Morgan fingerprint density at radius 1 is 1.00 bits per heavy atom. The molecule has 2 aromatic carbocycles. The summed E-state index contributed by atoms with van der Waals surface area (Å²) in [5, 5.41) is 4.81. The number of nitrogens with one attached hydrogen (secondary N) is 2. The zero-order valence-electron chi connectivity index (χ0n) is 9.98. The van der Waals surface area contributed by atoms with Gasteiger partial charge in [-0.1, -0.05) is 34.1 Å². The van der Waals surface area contributed by atoms with Crippen LogP contribution in [0.15, 0.2) is 63.9 Å². The standard InChI is InChI=1S/C15H11BrN2O/c16-11-5-7-12(8-6-11)17-14-9-10-3-1-2-4-13(10)15(19)18-14/h1-9H,(H2,17,18,19). The van der Waals surface area contributed by atoms with E-state index in [9.17, 15) is 4.79 Å². The SMILES string of the molecule is O=c1[nH]c(Nc2ccc(Br)cc2)cc2ccccc12. The smallest absolute Gasteiger partial charge is 0.257 e. The van der Waals surface area contributed by atoms with E-state index in [1.165, 1.54) is 0 Å². The first-order valence-electron chi connectivity index (χ1n) is 5.87. The van der Waals surface area contributed by atoms with Gasteiger partial charge >= 0.3 is 0 Å². The van der Waals surface area contributed by atoms with Gasteiger partial charge in [-0.05, 0) is 41.8 Å². The second-order valence-electron chi connectivity index (χ2n) is 4.23. The molecule has 94 valence electrons. The Labute approximate surface area is 118 Å². The van der Waals surface area contributed by atoms with E-state index in [2.05, 4.69) is 26.2 Å². The van der Waals surface area contributed by atoms with Gasteiger partial charge in [0, 0.05) is 15.5 Å². The Balaban J connectivity index is 2.01. The van der Waals surface area contributed by atoms with Crippen LogP contribution in [0.3, 0.4) is 0 Å². The number of pyridine rings is 1. The van der Waals surface area contributed by atoms with Crippen LogP contribution in [-0.4, -0.2) is 4.98 Å². The molecule has 19 heavy (non-hydrogen) atoms. The van der Waals surface area contributed by atoms with Gasteiger partial charge in [0.2, 0.25) is 0 Å². The molecule has 0 aliphatic carbocycles. The molecule has 0 aliphatic heterocycles. The Morgan fingerprint density at radius 2 is 1.74 bits per heavy atom. The first-order valence-corrected chi connectivity index (χ1v) is 6.66. The molecule has 0 aliphatic rings. The van der Waals surface area contributed by atoms with Crippen LogP contribution in [0.1, 0.15) is 0 Å². The summed E-state index contributed by atoms with van der Waals surface area (Å²) in [7, 11) is 0. The van der Waals surface area contributed by atoms with E-state index in [0.717, 1.165) is 15.5 Å². The van der Waals surface area contributed by atoms with E-state index in [4.69, 9.17) is 0 Å².